The van der Waals surface area contributed by atoms with Crippen LogP contribution in [0.3, 0.4) is 0 Å². The number of hydrogen-bond donors (Lipinski definition) is 0. The molecule has 0 amide bonds. The normalized spacial score (nSPS) is 10.5. The summed E-state index contributed by atoms with van der Waals surface area (Å²) in [6, 6.07) is 13.0. The minimum Gasteiger partial charge on any atom is -0.420 e. The van der Waals surface area contributed by atoms with Crippen LogP contribution in [-0.4, -0.2) is 20.7 Å². The van der Waals surface area contributed by atoms with E-state index in [9.17, 15) is 4.79 Å². The van der Waals surface area contributed by atoms with E-state index >= 15 is 0 Å². The van der Waals surface area contributed by atoms with Crippen LogP contribution in [0.5, 0.6) is 5.75 Å². The first-order chi connectivity index (χ1) is 10.7. The van der Waals surface area contributed by atoms with Crippen LogP contribution >= 0.6 is 15.9 Å². The highest BCUT2D eigenvalue weighted by molar-refractivity contribution is 9.10. The second kappa shape index (κ2) is 6.11. The second-order valence-electron chi connectivity index (χ2n) is 4.57. The maximum atomic E-state index is 12.3. The van der Waals surface area contributed by atoms with Gasteiger partial charge < -0.3 is 4.74 Å². The summed E-state index contributed by atoms with van der Waals surface area (Å²) in [5.41, 5.74) is 2.03. The highest BCUT2D eigenvalue weighted by Crippen LogP contribution is 2.23. The lowest BCUT2D eigenvalue weighted by Gasteiger charge is -2.06. The highest BCUT2D eigenvalue weighted by Gasteiger charge is 2.18. The molecule has 0 bridgehead atoms. The third-order valence-electron chi connectivity index (χ3n) is 3.16. The van der Waals surface area contributed by atoms with Crippen molar-refractivity contribution in [2.75, 3.05) is 0 Å². The van der Waals surface area contributed by atoms with Gasteiger partial charge in [0.25, 0.3) is 0 Å². The molecule has 0 radical (unpaired) electrons. The third kappa shape index (κ3) is 2.78. The fraction of sp³-hybridized carbons (Fsp3) is 0.0625. The molecule has 0 spiro atoms. The topological polar surface area (TPSA) is 57.0 Å². The second-order valence-corrected chi connectivity index (χ2v) is 5.32. The molecule has 0 atom stereocenters. The van der Waals surface area contributed by atoms with Crippen LogP contribution in [0, 0.1) is 6.92 Å². The molecule has 0 saturated heterocycles. The Morgan fingerprint density at radius 3 is 2.68 bits per heavy atom. The summed E-state index contributed by atoms with van der Waals surface area (Å²) in [4.78, 5) is 16.3. The number of para-hydroxylation sites is 1. The molecule has 0 unspecified atom stereocenters. The minimum atomic E-state index is -0.464. The first-order valence-electron chi connectivity index (χ1n) is 6.59. The maximum absolute atomic E-state index is 12.3. The number of aromatic nitrogens is 3. The molecule has 0 aliphatic rings. The third-order valence-corrected chi connectivity index (χ3v) is 3.75. The van der Waals surface area contributed by atoms with Crippen molar-refractivity contribution >= 4 is 21.9 Å². The Morgan fingerprint density at radius 1 is 1.18 bits per heavy atom. The number of ether oxygens (including phenoxy) is 1. The molecule has 5 nitrogen and oxygen atoms in total. The van der Waals surface area contributed by atoms with Gasteiger partial charge in [-0.1, -0.05) is 18.2 Å². The monoisotopic (exact) mass is 357 g/mol. The van der Waals surface area contributed by atoms with E-state index in [2.05, 4.69) is 26.0 Å². The van der Waals surface area contributed by atoms with Crippen molar-refractivity contribution in [2.24, 2.45) is 0 Å². The van der Waals surface area contributed by atoms with Crippen molar-refractivity contribution in [1.82, 2.24) is 14.8 Å². The number of esters is 1. The fourth-order valence-corrected chi connectivity index (χ4v) is 2.37. The number of rotatable bonds is 3. The van der Waals surface area contributed by atoms with Gasteiger partial charge in [-0.2, -0.15) is 5.10 Å². The van der Waals surface area contributed by atoms with Gasteiger partial charge in [-0.3, -0.25) is 0 Å². The zero-order valence-corrected chi connectivity index (χ0v) is 13.3. The van der Waals surface area contributed by atoms with E-state index in [0.29, 0.717) is 15.9 Å². The van der Waals surface area contributed by atoms with Crippen molar-refractivity contribution in [1.29, 1.82) is 0 Å². The average Bonchev–Trinajstić information content (AvgIpc) is 2.92. The predicted octanol–water partition coefficient (Wildman–Crippen LogP) is 3.56. The number of carbonyl (C=O) groups is 1. The van der Waals surface area contributed by atoms with Crippen LogP contribution in [0.4, 0.5) is 0 Å². The summed E-state index contributed by atoms with van der Waals surface area (Å²) < 4.78 is 7.55. The molecule has 0 aliphatic carbocycles. The van der Waals surface area contributed by atoms with Crippen LogP contribution in [0.1, 0.15) is 16.1 Å². The Bertz CT molecular complexity index is 815. The average molecular weight is 358 g/mol. The lowest BCUT2D eigenvalue weighted by Crippen LogP contribution is -2.10. The predicted molar refractivity (Wildman–Crippen MR) is 85.2 cm³/mol. The van der Waals surface area contributed by atoms with Crippen molar-refractivity contribution in [3.05, 3.63) is 70.7 Å². The van der Waals surface area contributed by atoms with Gasteiger partial charge in [0.05, 0.1) is 17.6 Å². The zero-order chi connectivity index (χ0) is 15.5. The molecule has 2 heterocycles. The quantitative estimate of drug-likeness (QED) is 0.531. The largest absolute Gasteiger partial charge is 0.420 e. The van der Waals surface area contributed by atoms with Gasteiger partial charge in [0.15, 0.2) is 5.75 Å². The molecule has 3 rings (SSSR count). The number of pyridine rings is 1. The Hall–Kier alpha value is -2.47. The van der Waals surface area contributed by atoms with Gasteiger partial charge in [-0.15, -0.1) is 0 Å². The molecular formula is C16H12BrN3O2. The Kier molecular flexibility index (Phi) is 4.02. The SMILES string of the molecule is Cc1c(C(=O)Oc2cccnc2Br)cnn1-c1ccccc1. The van der Waals surface area contributed by atoms with Crippen LogP contribution < -0.4 is 4.74 Å². The van der Waals surface area contributed by atoms with E-state index in [-0.39, 0.29) is 0 Å². The maximum Gasteiger partial charge on any atom is 0.347 e. The number of halogens is 1. The van der Waals surface area contributed by atoms with Crippen molar-refractivity contribution < 1.29 is 9.53 Å². The van der Waals surface area contributed by atoms with Gasteiger partial charge in [0.1, 0.15) is 10.2 Å². The minimum absolute atomic E-state index is 0.374. The van der Waals surface area contributed by atoms with E-state index in [4.69, 9.17) is 4.74 Å². The van der Waals surface area contributed by atoms with E-state index in [1.807, 2.05) is 37.3 Å². The molecular weight excluding hydrogens is 346 g/mol. The number of benzene rings is 1. The molecule has 0 aliphatic heterocycles. The van der Waals surface area contributed by atoms with Crippen LogP contribution in [-0.2, 0) is 0 Å². The van der Waals surface area contributed by atoms with E-state index < -0.39 is 5.97 Å². The number of carbonyl (C=O) groups excluding carboxylic acids is 1. The molecule has 0 saturated carbocycles. The van der Waals surface area contributed by atoms with E-state index in [1.54, 1.807) is 23.0 Å². The Labute approximate surface area is 135 Å². The lowest BCUT2D eigenvalue weighted by atomic mass is 10.2. The lowest BCUT2D eigenvalue weighted by molar-refractivity contribution is 0.0732. The summed E-state index contributed by atoms with van der Waals surface area (Å²) in [6.45, 7) is 1.83. The van der Waals surface area contributed by atoms with Crippen LogP contribution in [0.15, 0.2) is 59.5 Å². The van der Waals surface area contributed by atoms with Gasteiger partial charge in [-0.05, 0) is 47.1 Å². The Morgan fingerprint density at radius 2 is 1.95 bits per heavy atom. The molecule has 2 aromatic heterocycles. The molecule has 6 heteroatoms. The van der Waals surface area contributed by atoms with Gasteiger partial charge in [-0.25, -0.2) is 14.5 Å². The van der Waals surface area contributed by atoms with Crippen molar-refractivity contribution in [3.63, 3.8) is 0 Å². The molecule has 1 aromatic carbocycles. The highest BCUT2D eigenvalue weighted by atomic mass is 79.9. The summed E-state index contributed by atoms with van der Waals surface area (Å²) in [7, 11) is 0. The summed E-state index contributed by atoms with van der Waals surface area (Å²) in [5, 5.41) is 4.26. The molecule has 110 valence electrons. The summed E-state index contributed by atoms with van der Waals surface area (Å²) in [5.74, 6) is -0.0901. The van der Waals surface area contributed by atoms with Gasteiger partial charge >= 0.3 is 5.97 Å². The first-order valence-corrected chi connectivity index (χ1v) is 7.39. The fourth-order valence-electron chi connectivity index (χ4n) is 2.04. The molecule has 22 heavy (non-hydrogen) atoms. The summed E-state index contributed by atoms with van der Waals surface area (Å²) >= 11 is 3.25. The number of nitrogens with zero attached hydrogens (tertiary/aromatic N) is 3. The first kappa shape index (κ1) is 14.5. The molecule has 0 N–H and O–H groups in total. The molecule has 0 fully saturated rings. The summed E-state index contributed by atoms with van der Waals surface area (Å²) in [6.07, 6.45) is 3.12. The van der Waals surface area contributed by atoms with Crippen molar-refractivity contribution in [3.8, 4) is 11.4 Å². The van der Waals surface area contributed by atoms with E-state index in [0.717, 1.165) is 11.4 Å². The number of hydrogen-bond acceptors (Lipinski definition) is 4. The van der Waals surface area contributed by atoms with Crippen LogP contribution in [0.25, 0.3) is 5.69 Å². The van der Waals surface area contributed by atoms with Gasteiger partial charge in [0.2, 0.25) is 0 Å². The van der Waals surface area contributed by atoms with Gasteiger partial charge in [0, 0.05) is 6.20 Å². The smallest absolute Gasteiger partial charge is 0.347 e. The zero-order valence-electron chi connectivity index (χ0n) is 11.7. The Balaban J connectivity index is 1.89. The van der Waals surface area contributed by atoms with Crippen LogP contribution in [0.2, 0.25) is 0 Å². The van der Waals surface area contributed by atoms with E-state index in [1.165, 1.54) is 6.20 Å². The molecule has 3 aromatic rings. The van der Waals surface area contributed by atoms with Crippen molar-refractivity contribution in [2.45, 2.75) is 6.92 Å². The standard InChI is InChI=1S/C16H12BrN3O2/c1-11-13(10-19-20(11)12-6-3-2-4-7-12)16(21)22-14-8-5-9-18-15(14)17/h2-10H,1H3.